The van der Waals surface area contributed by atoms with Crippen molar-refractivity contribution in [1.29, 1.82) is 0 Å². The van der Waals surface area contributed by atoms with Gasteiger partial charge in [-0.15, -0.1) is 0 Å². The van der Waals surface area contributed by atoms with Crippen LogP contribution in [0.15, 0.2) is 36.5 Å². The van der Waals surface area contributed by atoms with Gasteiger partial charge in [0, 0.05) is 57.4 Å². The monoisotopic (exact) mass is 843 g/mol. The lowest BCUT2D eigenvalue weighted by Crippen LogP contribution is -2.60. The van der Waals surface area contributed by atoms with E-state index in [1.54, 1.807) is 6.08 Å². The van der Waals surface area contributed by atoms with Crippen molar-refractivity contribution in [3.8, 4) is 0 Å². The molecule has 2 bridgehead atoms. The molecular formula is C46H69NO13. The number of aliphatic carboxylic acids is 1. The summed E-state index contributed by atoms with van der Waals surface area (Å²) in [7, 11) is 0. The Hall–Kier alpha value is -1.79. The van der Waals surface area contributed by atoms with E-state index in [-0.39, 0.29) is 55.2 Å². The van der Waals surface area contributed by atoms with Crippen LogP contribution < -0.4 is 5.32 Å². The summed E-state index contributed by atoms with van der Waals surface area (Å²) < 4.78 is 53.7. The van der Waals surface area contributed by atoms with Gasteiger partial charge in [0.2, 0.25) is 0 Å². The van der Waals surface area contributed by atoms with E-state index in [0.29, 0.717) is 62.7 Å². The molecule has 0 aromatic heterocycles. The molecule has 0 saturated carbocycles. The fourth-order valence-corrected chi connectivity index (χ4v) is 12.4. The molecule has 9 rings (SSSR count). The van der Waals surface area contributed by atoms with Gasteiger partial charge in [-0.2, -0.15) is 0 Å². The molecule has 0 aromatic carbocycles. The lowest BCUT2D eigenvalue weighted by molar-refractivity contribution is -0.366. The average molecular weight is 844 g/mol. The molecule has 336 valence electrons. The Kier molecular flexibility index (Phi) is 11.6. The van der Waals surface area contributed by atoms with Gasteiger partial charge in [0.15, 0.2) is 23.1 Å². The van der Waals surface area contributed by atoms with Gasteiger partial charge in [0.05, 0.1) is 55.3 Å². The molecule has 5 N–H and O–H groups in total. The van der Waals surface area contributed by atoms with Gasteiger partial charge in [0.1, 0.15) is 17.9 Å². The second-order valence-electron chi connectivity index (χ2n) is 20.6. The molecule has 14 heteroatoms. The number of ether oxygens (including phenoxy) is 8. The quantitative estimate of drug-likeness (QED) is 0.196. The molecule has 14 nitrogen and oxygen atoms in total. The van der Waals surface area contributed by atoms with E-state index in [1.807, 2.05) is 12.2 Å². The predicted molar refractivity (Wildman–Crippen MR) is 216 cm³/mol. The standard InChI is InChI=1S/C46H69NO13/c1-25-17-35-40-37(23-44(58-40)29(5)16-26(2)24-47-44)56-43(21-25,55-35)22-28(4)39-27(3)11-13-45(52,59-39)41(51)36-20-34-33(53-36)18-30(6)46(57-34)15-14-42(60-46)12-7-8-32(54-42)10-9-31(48)19-38(49)50/h7,9-10,12,25-27,29-37,39-41,47-48,51-52H,4,8,11,13-24H2,1-3,5-6H3,(H,49,50)/t25-,26+,27+,29-,30+,31+,32+,33+,34+,35+,36-,37+,39+,40+,41+,42+,43+,44-,45-,46-/m1/s1. The molecule has 60 heavy (non-hydrogen) atoms. The Balaban J connectivity index is 0.831. The second-order valence-corrected chi connectivity index (χ2v) is 20.6. The number of rotatable bonds is 9. The Morgan fingerprint density at radius 3 is 2.47 bits per heavy atom. The van der Waals surface area contributed by atoms with Crippen molar-refractivity contribution in [2.75, 3.05) is 6.54 Å². The molecule has 8 fully saturated rings. The highest BCUT2D eigenvalue weighted by Gasteiger charge is 2.63. The largest absolute Gasteiger partial charge is 0.481 e. The van der Waals surface area contributed by atoms with Crippen LogP contribution in [0, 0.1) is 29.6 Å². The van der Waals surface area contributed by atoms with Crippen molar-refractivity contribution >= 4 is 5.97 Å². The van der Waals surface area contributed by atoms with E-state index in [2.05, 4.69) is 46.5 Å². The zero-order valence-corrected chi connectivity index (χ0v) is 36.0. The molecule has 0 amide bonds. The van der Waals surface area contributed by atoms with Crippen LogP contribution in [0.25, 0.3) is 0 Å². The molecule has 9 aliphatic rings. The number of nitrogens with one attached hydrogen (secondary N) is 1. The number of aliphatic hydroxyl groups excluding tert-OH is 2. The third kappa shape index (κ3) is 8.01. The van der Waals surface area contributed by atoms with Crippen LogP contribution in [0.5, 0.6) is 0 Å². The first-order valence-electron chi connectivity index (χ1n) is 22.9. The lowest BCUT2D eigenvalue weighted by Gasteiger charge is -2.52. The summed E-state index contributed by atoms with van der Waals surface area (Å²) in [6, 6.07) is 0. The zero-order chi connectivity index (χ0) is 42.4. The van der Waals surface area contributed by atoms with Crippen LogP contribution in [0.4, 0.5) is 0 Å². The smallest absolute Gasteiger partial charge is 0.306 e. The van der Waals surface area contributed by atoms with Gasteiger partial charge in [-0.05, 0) is 67.4 Å². The summed E-state index contributed by atoms with van der Waals surface area (Å²) in [5, 5.41) is 46.9. The van der Waals surface area contributed by atoms with Crippen LogP contribution in [0.1, 0.15) is 118 Å². The van der Waals surface area contributed by atoms with Crippen LogP contribution in [-0.2, 0) is 42.7 Å². The number of carbonyl (C=O) groups is 1. The first-order chi connectivity index (χ1) is 28.4. The van der Waals surface area contributed by atoms with Crippen molar-refractivity contribution in [1.82, 2.24) is 5.32 Å². The molecule has 0 aliphatic carbocycles. The summed E-state index contributed by atoms with van der Waals surface area (Å²) in [6.45, 7) is 16.5. The van der Waals surface area contributed by atoms with Gasteiger partial charge >= 0.3 is 5.97 Å². The zero-order valence-electron chi connectivity index (χ0n) is 36.0. The van der Waals surface area contributed by atoms with Crippen molar-refractivity contribution in [2.45, 2.75) is 208 Å². The Morgan fingerprint density at radius 1 is 0.883 bits per heavy atom. The summed E-state index contributed by atoms with van der Waals surface area (Å²) >= 11 is 0. The first kappa shape index (κ1) is 43.5. The van der Waals surface area contributed by atoms with Crippen molar-refractivity contribution < 1.29 is 63.1 Å². The van der Waals surface area contributed by atoms with E-state index >= 15 is 0 Å². The predicted octanol–water partition coefficient (Wildman–Crippen LogP) is 4.98. The maximum atomic E-state index is 12.2. The minimum absolute atomic E-state index is 0.0470. The minimum Gasteiger partial charge on any atom is -0.481 e. The van der Waals surface area contributed by atoms with Crippen molar-refractivity contribution in [3.05, 3.63) is 36.5 Å². The summed E-state index contributed by atoms with van der Waals surface area (Å²) in [6.07, 6.45) is 9.13. The topological polar surface area (TPSA) is 184 Å². The highest BCUT2D eigenvalue weighted by molar-refractivity contribution is 5.67. The van der Waals surface area contributed by atoms with Gasteiger partial charge in [-0.3, -0.25) is 10.1 Å². The van der Waals surface area contributed by atoms with E-state index in [1.165, 1.54) is 6.08 Å². The summed E-state index contributed by atoms with van der Waals surface area (Å²) in [5.41, 5.74) is 0.375. The molecular weight excluding hydrogens is 775 g/mol. The summed E-state index contributed by atoms with van der Waals surface area (Å²) in [4.78, 5) is 11.0. The Labute approximate surface area is 354 Å². The first-order valence-corrected chi connectivity index (χ1v) is 22.9. The number of carboxylic acid groups (broad SMARTS) is 1. The maximum Gasteiger partial charge on any atom is 0.306 e. The van der Waals surface area contributed by atoms with Crippen LogP contribution in [0.2, 0.25) is 0 Å². The van der Waals surface area contributed by atoms with Crippen molar-refractivity contribution in [3.63, 3.8) is 0 Å². The molecule has 9 aliphatic heterocycles. The van der Waals surface area contributed by atoms with E-state index in [0.717, 1.165) is 37.8 Å². The molecule has 20 atom stereocenters. The third-order valence-electron chi connectivity index (χ3n) is 15.5. The summed E-state index contributed by atoms with van der Waals surface area (Å²) in [5.74, 6) is -4.45. The van der Waals surface area contributed by atoms with Crippen molar-refractivity contribution in [2.24, 2.45) is 29.6 Å². The fraction of sp³-hybridized carbons (Fsp3) is 0.848. The third-order valence-corrected chi connectivity index (χ3v) is 15.5. The Bertz CT molecular complexity index is 1690. The van der Waals surface area contributed by atoms with Gasteiger partial charge in [-0.25, -0.2) is 0 Å². The number of hydrogen-bond donors (Lipinski definition) is 5. The van der Waals surface area contributed by atoms with Crippen LogP contribution in [-0.4, -0.2) is 123 Å². The normalized spacial score (nSPS) is 52.2. The fourth-order valence-electron chi connectivity index (χ4n) is 12.4. The molecule has 3 spiro atoms. The Morgan fingerprint density at radius 2 is 1.68 bits per heavy atom. The maximum absolute atomic E-state index is 12.2. The number of aliphatic hydroxyl groups is 3. The number of carboxylic acids is 1. The molecule has 0 radical (unpaired) electrons. The highest BCUT2D eigenvalue weighted by Crippen LogP contribution is 2.55. The lowest BCUT2D eigenvalue weighted by atomic mass is 9.79. The number of fused-ring (bicyclic) bond motifs is 5. The van der Waals surface area contributed by atoms with Gasteiger partial charge < -0.3 is 58.3 Å². The average Bonchev–Trinajstić information content (AvgIpc) is 3.87. The number of hydrogen-bond acceptors (Lipinski definition) is 13. The molecule has 0 unspecified atom stereocenters. The van der Waals surface area contributed by atoms with Gasteiger partial charge in [-0.1, -0.05) is 59.4 Å². The van der Waals surface area contributed by atoms with E-state index < -0.39 is 65.4 Å². The van der Waals surface area contributed by atoms with E-state index in [9.17, 15) is 20.1 Å². The van der Waals surface area contributed by atoms with E-state index in [4.69, 9.17) is 43.0 Å². The van der Waals surface area contributed by atoms with Gasteiger partial charge in [0.25, 0.3) is 0 Å². The molecule has 9 heterocycles. The minimum atomic E-state index is -1.86. The molecule has 8 saturated heterocycles. The highest BCUT2D eigenvalue weighted by atomic mass is 16.8. The SMILES string of the molecule is C=C(C[C@@]12C[C@H](C)C[C@H](O1)[C@@H]1O[C@@]3(C[C@@H]1O2)NC[C@@H](C)C[C@H]3C)[C@H]1O[C@@](O)([C@@H](O)[C@H]2C[C@@H]3O[C@@]4(CC[C@]5(C=CC[C@@H](C=C[C@H](O)CC(=O)O)O5)O4)[C@@H](C)C[C@@H]3O2)CC[C@@H]1C. The molecule has 0 aromatic rings. The van der Waals surface area contributed by atoms with Crippen LogP contribution in [0.3, 0.4) is 0 Å². The van der Waals surface area contributed by atoms with Crippen LogP contribution >= 0.6 is 0 Å². The second kappa shape index (κ2) is 16.0. The number of piperidine rings is 1.